The van der Waals surface area contributed by atoms with Gasteiger partial charge in [0.05, 0.1) is 19.5 Å². The van der Waals surface area contributed by atoms with Gasteiger partial charge in [-0.25, -0.2) is 4.98 Å². The lowest BCUT2D eigenvalue weighted by atomic mass is 9.98. The normalized spacial score (nSPS) is 21.1. The maximum atomic E-state index is 6.43. The summed E-state index contributed by atoms with van der Waals surface area (Å²) in [4.78, 5) is 4.16. The van der Waals surface area contributed by atoms with Gasteiger partial charge in [-0.1, -0.05) is 23.8 Å². The molecular formula is C24H29N3O3. The van der Waals surface area contributed by atoms with Gasteiger partial charge in [-0.3, -0.25) is 0 Å². The minimum absolute atomic E-state index is 0.134. The van der Waals surface area contributed by atoms with Crippen LogP contribution in [0.4, 0.5) is 5.69 Å². The van der Waals surface area contributed by atoms with Crippen LogP contribution in [0.5, 0.6) is 5.75 Å². The Kier molecular flexibility index (Phi) is 6.06. The maximum Gasteiger partial charge on any atom is 0.187 e. The second-order valence-corrected chi connectivity index (χ2v) is 8.01. The van der Waals surface area contributed by atoms with Crippen molar-refractivity contribution in [2.75, 3.05) is 18.9 Å². The molecule has 1 aliphatic rings. The van der Waals surface area contributed by atoms with E-state index in [1.54, 1.807) is 12.5 Å². The van der Waals surface area contributed by atoms with Crippen molar-refractivity contribution < 1.29 is 14.2 Å². The third-order valence-electron chi connectivity index (χ3n) is 5.49. The lowest BCUT2D eigenvalue weighted by Crippen LogP contribution is -2.37. The fraction of sp³-hybridized carbons (Fsp3) is 0.375. The van der Waals surface area contributed by atoms with E-state index in [4.69, 9.17) is 19.9 Å². The van der Waals surface area contributed by atoms with Crippen LogP contribution in [0.15, 0.2) is 61.2 Å². The van der Waals surface area contributed by atoms with Crippen LogP contribution in [0, 0.1) is 13.8 Å². The Balaban J connectivity index is 1.42. The molecule has 1 saturated heterocycles. The van der Waals surface area contributed by atoms with Crippen LogP contribution in [-0.4, -0.2) is 34.7 Å². The number of anilines is 1. The molecule has 3 aromatic rings. The van der Waals surface area contributed by atoms with Crippen LogP contribution in [0.25, 0.3) is 0 Å². The molecule has 30 heavy (non-hydrogen) atoms. The Labute approximate surface area is 177 Å². The predicted octanol–water partition coefficient (Wildman–Crippen LogP) is 3.91. The van der Waals surface area contributed by atoms with E-state index in [0.717, 1.165) is 18.6 Å². The molecule has 1 aromatic heterocycles. The van der Waals surface area contributed by atoms with Crippen molar-refractivity contribution >= 4 is 5.69 Å². The molecule has 0 radical (unpaired) electrons. The van der Waals surface area contributed by atoms with Gasteiger partial charge in [-0.2, -0.15) is 0 Å². The third kappa shape index (κ3) is 5.01. The zero-order valence-electron chi connectivity index (χ0n) is 17.6. The van der Waals surface area contributed by atoms with Gasteiger partial charge in [0, 0.05) is 24.5 Å². The molecule has 4 rings (SSSR count). The topological polar surface area (TPSA) is 71.5 Å². The SMILES string of the molecule is Cc1ccc(CCC2(Cn3ccnc3)OCC(COc3ccc(N)cc3)O2)c(C)c1. The van der Waals surface area contributed by atoms with Gasteiger partial charge in [0.1, 0.15) is 18.5 Å². The third-order valence-corrected chi connectivity index (χ3v) is 5.49. The number of hydrogen-bond donors (Lipinski definition) is 1. The number of nitrogens with zero attached hydrogens (tertiary/aromatic N) is 2. The number of rotatable bonds is 8. The van der Waals surface area contributed by atoms with Crippen molar-refractivity contribution in [3.63, 3.8) is 0 Å². The largest absolute Gasteiger partial charge is 0.491 e. The van der Waals surface area contributed by atoms with Gasteiger partial charge < -0.3 is 24.5 Å². The molecule has 158 valence electrons. The highest BCUT2D eigenvalue weighted by Crippen LogP contribution is 2.32. The molecule has 1 fully saturated rings. The number of aryl methyl sites for hydroxylation is 3. The number of benzene rings is 2. The molecule has 6 nitrogen and oxygen atoms in total. The zero-order valence-corrected chi connectivity index (χ0v) is 17.6. The monoisotopic (exact) mass is 407 g/mol. The van der Waals surface area contributed by atoms with Gasteiger partial charge in [-0.15, -0.1) is 0 Å². The minimum atomic E-state index is -0.701. The summed E-state index contributed by atoms with van der Waals surface area (Å²) in [6.45, 7) is 5.79. The molecule has 0 bridgehead atoms. The van der Waals surface area contributed by atoms with Crippen LogP contribution in [-0.2, 0) is 22.4 Å². The molecule has 2 heterocycles. The van der Waals surface area contributed by atoms with Crippen LogP contribution in [0.3, 0.4) is 0 Å². The first-order chi connectivity index (χ1) is 14.5. The Morgan fingerprint density at radius 3 is 2.77 bits per heavy atom. The molecular weight excluding hydrogens is 378 g/mol. The van der Waals surface area contributed by atoms with E-state index in [1.165, 1.54) is 16.7 Å². The summed E-state index contributed by atoms with van der Waals surface area (Å²) in [7, 11) is 0. The standard InChI is InChI=1S/C24H29N3O3/c1-18-3-4-20(19(2)13-18)9-10-24(16-27-12-11-26-17-27)29-15-23(30-24)14-28-22-7-5-21(25)6-8-22/h3-8,11-13,17,23H,9-10,14-16,25H2,1-2H3. The molecule has 0 saturated carbocycles. The summed E-state index contributed by atoms with van der Waals surface area (Å²) in [5.74, 6) is 0.0721. The van der Waals surface area contributed by atoms with Crippen LogP contribution >= 0.6 is 0 Å². The number of nitrogens with two attached hydrogens (primary N) is 1. The predicted molar refractivity (Wildman–Crippen MR) is 116 cm³/mol. The Morgan fingerprint density at radius 2 is 2.03 bits per heavy atom. The van der Waals surface area contributed by atoms with Gasteiger partial charge >= 0.3 is 0 Å². The molecule has 0 spiro atoms. The minimum Gasteiger partial charge on any atom is -0.491 e. The molecule has 2 unspecified atom stereocenters. The van der Waals surface area contributed by atoms with Crippen molar-refractivity contribution in [1.82, 2.24) is 9.55 Å². The lowest BCUT2D eigenvalue weighted by molar-refractivity contribution is -0.184. The molecule has 2 N–H and O–H groups in total. The first kappa shape index (κ1) is 20.4. The highest BCUT2D eigenvalue weighted by atomic mass is 16.8. The van der Waals surface area contributed by atoms with Gasteiger partial charge in [-0.05, 0) is 55.7 Å². The lowest BCUT2D eigenvalue weighted by Gasteiger charge is -2.29. The quantitative estimate of drug-likeness (QED) is 0.573. The van der Waals surface area contributed by atoms with E-state index in [0.29, 0.717) is 25.4 Å². The summed E-state index contributed by atoms with van der Waals surface area (Å²) >= 11 is 0. The number of hydrogen-bond acceptors (Lipinski definition) is 5. The van der Waals surface area contributed by atoms with Crippen molar-refractivity contribution in [3.05, 3.63) is 77.9 Å². The zero-order chi connectivity index (χ0) is 21.0. The second kappa shape index (κ2) is 8.90. The summed E-state index contributed by atoms with van der Waals surface area (Å²) in [6, 6.07) is 14.0. The fourth-order valence-corrected chi connectivity index (χ4v) is 3.85. The van der Waals surface area contributed by atoms with Crippen LogP contribution in [0.2, 0.25) is 0 Å². The smallest absolute Gasteiger partial charge is 0.187 e. The van der Waals surface area contributed by atoms with Gasteiger partial charge in [0.25, 0.3) is 0 Å². The maximum absolute atomic E-state index is 6.43. The van der Waals surface area contributed by atoms with Gasteiger partial charge in [0.15, 0.2) is 5.79 Å². The van der Waals surface area contributed by atoms with E-state index >= 15 is 0 Å². The van der Waals surface area contributed by atoms with Crippen molar-refractivity contribution in [2.45, 2.75) is 45.1 Å². The van der Waals surface area contributed by atoms with Gasteiger partial charge in [0.2, 0.25) is 0 Å². The summed E-state index contributed by atoms with van der Waals surface area (Å²) in [5.41, 5.74) is 10.3. The number of aromatic nitrogens is 2. The molecule has 2 aromatic carbocycles. The van der Waals surface area contributed by atoms with Crippen LogP contribution < -0.4 is 10.5 Å². The Hall–Kier alpha value is -2.83. The summed E-state index contributed by atoms with van der Waals surface area (Å²) in [6.07, 6.45) is 7.01. The molecule has 6 heteroatoms. The average Bonchev–Trinajstić information content (AvgIpc) is 3.38. The molecule has 1 aliphatic heterocycles. The summed E-state index contributed by atoms with van der Waals surface area (Å²) in [5, 5.41) is 0. The number of ether oxygens (including phenoxy) is 3. The summed E-state index contributed by atoms with van der Waals surface area (Å²) < 4.78 is 20.6. The molecule has 0 aliphatic carbocycles. The van der Waals surface area contributed by atoms with E-state index in [9.17, 15) is 0 Å². The highest BCUT2D eigenvalue weighted by Gasteiger charge is 2.42. The fourth-order valence-electron chi connectivity index (χ4n) is 3.85. The van der Waals surface area contributed by atoms with E-state index in [1.807, 2.05) is 35.0 Å². The number of nitrogen functional groups attached to an aromatic ring is 1. The van der Waals surface area contributed by atoms with E-state index < -0.39 is 5.79 Å². The van der Waals surface area contributed by atoms with Crippen molar-refractivity contribution in [3.8, 4) is 5.75 Å². The van der Waals surface area contributed by atoms with Crippen molar-refractivity contribution in [1.29, 1.82) is 0 Å². The van der Waals surface area contributed by atoms with Crippen molar-refractivity contribution in [2.24, 2.45) is 0 Å². The van der Waals surface area contributed by atoms with E-state index in [2.05, 4.69) is 37.0 Å². The Bertz CT molecular complexity index is 956. The first-order valence-electron chi connectivity index (χ1n) is 10.3. The van der Waals surface area contributed by atoms with E-state index in [-0.39, 0.29) is 6.10 Å². The molecule has 2 atom stereocenters. The molecule has 0 amide bonds. The average molecular weight is 408 g/mol. The second-order valence-electron chi connectivity index (χ2n) is 8.01. The number of imidazole rings is 1. The van der Waals surface area contributed by atoms with Crippen LogP contribution in [0.1, 0.15) is 23.1 Å². The Morgan fingerprint density at radius 1 is 1.20 bits per heavy atom. The first-order valence-corrected chi connectivity index (χ1v) is 10.3. The highest BCUT2D eigenvalue weighted by molar-refractivity contribution is 5.41.